The zero-order valence-corrected chi connectivity index (χ0v) is 11.5. The van der Waals surface area contributed by atoms with Crippen molar-refractivity contribution in [1.29, 1.82) is 0 Å². The molecule has 4 heteroatoms. The second-order valence-electron chi connectivity index (χ2n) is 4.72. The Balaban J connectivity index is 2.72. The first-order valence-corrected chi connectivity index (χ1v) is 6.16. The van der Waals surface area contributed by atoms with Gasteiger partial charge in [0, 0.05) is 25.9 Å². The molecule has 0 fully saturated rings. The number of carbonyl (C=O) groups is 1. The second-order valence-corrected chi connectivity index (χ2v) is 4.72. The maximum atomic E-state index is 12.1. The number of hydrogen-bond donors (Lipinski definition) is 2. The number of ether oxygens (including phenoxy) is 1. The Labute approximate surface area is 109 Å². The van der Waals surface area contributed by atoms with Crippen molar-refractivity contribution >= 4 is 11.6 Å². The lowest BCUT2D eigenvalue weighted by Crippen LogP contribution is -2.39. The zero-order chi connectivity index (χ0) is 13.6. The Hall–Kier alpha value is -1.55. The molecule has 0 heterocycles. The molecule has 0 radical (unpaired) electrons. The van der Waals surface area contributed by atoms with E-state index in [9.17, 15) is 4.79 Å². The summed E-state index contributed by atoms with van der Waals surface area (Å²) in [7, 11) is 1.64. The average molecular weight is 250 g/mol. The van der Waals surface area contributed by atoms with Crippen molar-refractivity contribution in [2.24, 2.45) is 0 Å². The van der Waals surface area contributed by atoms with Crippen molar-refractivity contribution in [2.45, 2.75) is 26.4 Å². The largest absolute Gasteiger partial charge is 0.385 e. The number of anilines is 1. The molecule has 1 rings (SSSR count). The molecule has 0 saturated heterocycles. The van der Waals surface area contributed by atoms with Gasteiger partial charge < -0.3 is 15.4 Å². The summed E-state index contributed by atoms with van der Waals surface area (Å²) in [5.41, 5.74) is 1.15. The third-order valence-corrected chi connectivity index (χ3v) is 2.77. The molecule has 100 valence electrons. The highest BCUT2D eigenvalue weighted by Gasteiger charge is 2.18. The van der Waals surface area contributed by atoms with Crippen LogP contribution >= 0.6 is 0 Å². The van der Waals surface area contributed by atoms with E-state index >= 15 is 0 Å². The molecule has 0 saturated carbocycles. The average Bonchev–Trinajstić information content (AvgIpc) is 2.37. The van der Waals surface area contributed by atoms with Crippen LogP contribution in [0.3, 0.4) is 0 Å². The first-order chi connectivity index (χ1) is 8.50. The number of para-hydroxylation sites is 1. The lowest BCUT2D eigenvalue weighted by atomic mass is 10.1. The fourth-order valence-corrected chi connectivity index (χ4v) is 1.49. The summed E-state index contributed by atoms with van der Waals surface area (Å²) in [6, 6.07) is 7.48. The fourth-order valence-electron chi connectivity index (χ4n) is 1.49. The van der Waals surface area contributed by atoms with Crippen molar-refractivity contribution in [3.05, 3.63) is 29.8 Å². The smallest absolute Gasteiger partial charge is 0.253 e. The van der Waals surface area contributed by atoms with E-state index < -0.39 is 0 Å². The predicted octanol–water partition coefficient (Wildman–Crippen LogP) is 2.27. The molecule has 0 aliphatic heterocycles. The van der Waals surface area contributed by atoms with Crippen LogP contribution in [-0.4, -0.2) is 31.7 Å². The van der Waals surface area contributed by atoms with Crippen LogP contribution in [-0.2, 0) is 4.74 Å². The van der Waals surface area contributed by atoms with Gasteiger partial charge in [-0.2, -0.15) is 0 Å². The number of hydrogen-bond acceptors (Lipinski definition) is 3. The van der Waals surface area contributed by atoms with Gasteiger partial charge in [0.25, 0.3) is 5.91 Å². The van der Waals surface area contributed by atoms with E-state index in [-0.39, 0.29) is 11.5 Å². The number of rotatable bonds is 6. The molecule has 2 N–H and O–H groups in total. The Morgan fingerprint density at radius 1 is 1.33 bits per heavy atom. The van der Waals surface area contributed by atoms with Crippen LogP contribution in [0, 0.1) is 0 Å². The third-order valence-electron chi connectivity index (χ3n) is 2.77. The lowest BCUT2D eigenvalue weighted by molar-refractivity contribution is 0.0229. The molecule has 0 aliphatic carbocycles. The van der Waals surface area contributed by atoms with Crippen LogP contribution in [0.15, 0.2) is 24.3 Å². The maximum absolute atomic E-state index is 12.1. The molecular formula is C14H22N2O2. The summed E-state index contributed by atoms with van der Waals surface area (Å²) >= 11 is 0. The molecule has 18 heavy (non-hydrogen) atoms. The van der Waals surface area contributed by atoms with Crippen LogP contribution in [0.4, 0.5) is 5.69 Å². The van der Waals surface area contributed by atoms with Crippen LogP contribution in [0.25, 0.3) is 0 Å². The number of nitrogens with one attached hydrogen (secondary N) is 2. The van der Waals surface area contributed by atoms with Gasteiger partial charge >= 0.3 is 0 Å². The molecule has 4 nitrogen and oxygen atoms in total. The number of methoxy groups -OCH3 is 1. The molecule has 0 spiro atoms. The van der Waals surface area contributed by atoms with Crippen LogP contribution in [0.2, 0.25) is 0 Å². The minimum absolute atomic E-state index is 0.0864. The normalized spacial score (nSPS) is 11.1. The molecule has 0 atom stereocenters. The van der Waals surface area contributed by atoms with Crippen molar-refractivity contribution in [3.8, 4) is 0 Å². The predicted molar refractivity (Wildman–Crippen MR) is 74.0 cm³/mol. The highest BCUT2D eigenvalue weighted by Crippen LogP contribution is 2.15. The Morgan fingerprint density at radius 2 is 2.00 bits per heavy atom. The first kappa shape index (κ1) is 14.5. The van der Waals surface area contributed by atoms with Gasteiger partial charge in [0.05, 0.1) is 11.2 Å². The van der Waals surface area contributed by atoms with E-state index in [1.165, 1.54) is 0 Å². The van der Waals surface area contributed by atoms with Crippen molar-refractivity contribution in [2.75, 3.05) is 25.5 Å². The highest BCUT2D eigenvalue weighted by molar-refractivity contribution is 5.99. The summed E-state index contributed by atoms with van der Waals surface area (Å²) in [6.07, 6.45) is 0. The Bertz CT molecular complexity index is 403. The van der Waals surface area contributed by atoms with Crippen molar-refractivity contribution in [3.63, 3.8) is 0 Å². The minimum atomic E-state index is -0.358. The summed E-state index contributed by atoms with van der Waals surface area (Å²) in [6.45, 7) is 7.13. The molecule has 0 bridgehead atoms. The molecular weight excluding hydrogens is 228 g/mol. The summed E-state index contributed by atoms with van der Waals surface area (Å²) < 4.78 is 5.27. The van der Waals surface area contributed by atoms with Crippen LogP contribution < -0.4 is 10.6 Å². The summed E-state index contributed by atoms with van der Waals surface area (Å²) in [4.78, 5) is 12.1. The zero-order valence-electron chi connectivity index (χ0n) is 11.5. The van der Waals surface area contributed by atoms with E-state index in [0.29, 0.717) is 12.1 Å². The second kappa shape index (κ2) is 6.40. The van der Waals surface area contributed by atoms with Gasteiger partial charge in [0.2, 0.25) is 0 Å². The number of amides is 1. The minimum Gasteiger partial charge on any atom is -0.385 e. The molecule has 1 aromatic carbocycles. The van der Waals surface area contributed by atoms with Gasteiger partial charge in [-0.15, -0.1) is 0 Å². The van der Waals surface area contributed by atoms with E-state index in [4.69, 9.17) is 4.74 Å². The summed E-state index contributed by atoms with van der Waals surface area (Å²) in [5.74, 6) is -0.0864. The Morgan fingerprint density at radius 3 is 2.61 bits per heavy atom. The maximum Gasteiger partial charge on any atom is 0.253 e. The van der Waals surface area contributed by atoms with Crippen molar-refractivity contribution in [1.82, 2.24) is 5.32 Å². The fraction of sp³-hybridized carbons (Fsp3) is 0.500. The van der Waals surface area contributed by atoms with E-state index in [0.717, 1.165) is 12.2 Å². The van der Waals surface area contributed by atoms with Gasteiger partial charge in [-0.3, -0.25) is 4.79 Å². The SMILES string of the molecule is CCNc1ccccc1C(=O)NCC(C)(C)OC. The Kier molecular flexibility index (Phi) is 5.16. The molecule has 0 unspecified atom stereocenters. The van der Waals surface area contributed by atoms with Gasteiger partial charge in [0.15, 0.2) is 0 Å². The van der Waals surface area contributed by atoms with Gasteiger partial charge in [-0.1, -0.05) is 12.1 Å². The van der Waals surface area contributed by atoms with Crippen LogP contribution in [0.5, 0.6) is 0 Å². The first-order valence-electron chi connectivity index (χ1n) is 6.16. The van der Waals surface area contributed by atoms with E-state index in [1.807, 2.05) is 45.0 Å². The monoisotopic (exact) mass is 250 g/mol. The molecule has 0 aromatic heterocycles. The number of carbonyl (C=O) groups excluding carboxylic acids is 1. The topological polar surface area (TPSA) is 50.4 Å². The van der Waals surface area contributed by atoms with Gasteiger partial charge in [0.1, 0.15) is 0 Å². The quantitative estimate of drug-likeness (QED) is 0.814. The van der Waals surface area contributed by atoms with E-state index in [1.54, 1.807) is 7.11 Å². The van der Waals surface area contributed by atoms with Gasteiger partial charge in [-0.05, 0) is 32.9 Å². The third kappa shape index (κ3) is 4.04. The van der Waals surface area contributed by atoms with Crippen LogP contribution in [0.1, 0.15) is 31.1 Å². The molecule has 1 aromatic rings. The number of benzene rings is 1. The summed E-state index contributed by atoms with van der Waals surface area (Å²) in [5, 5.41) is 6.06. The van der Waals surface area contributed by atoms with E-state index in [2.05, 4.69) is 10.6 Å². The molecule has 0 aliphatic rings. The molecule has 1 amide bonds. The lowest BCUT2D eigenvalue weighted by Gasteiger charge is -2.23. The standard InChI is InChI=1S/C14H22N2O2/c1-5-15-12-9-7-6-8-11(12)13(17)16-10-14(2,3)18-4/h6-9,15H,5,10H2,1-4H3,(H,16,17). The van der Waals surface area contributed by atoms with Crippen molar-refractivity contribution < 1.29 is 9.53 Å². The van der Waals surface area contributed by atoms with Gasteiger partial charge in [-0.25, -0.2) is 0 Å². The highest BCUT2D eigenvalue weighted by atomic mass is 16.5.